The maximum atomic E-state index is 10.9. The molecule has 0 bridgehead atoms. The van der Waals surface area contributed by atoms with Crippen LogP contribution in [0.4, 0.5) is 0 Å². The van der Waals surface area contributed by atoms with Gasteiger partial charge in [0.25, 0.3) is 0 Å². The summed E-state index contributed by atoms with van der Waals surface area (Å²) < 4.78 is 4.74. The van der Waals surface area contributed by atoms with Gasteiger partial charge in [-0.1, -0.05) is 32.6 Å². The van der Waals surface area contributed by atoms with E-state index in [4.69, 9.17) is 4.74 Å². The van der Waals surface area contributed by atoms with Crippen LogP contribution in [-0.2, 0) is 29.0 Å². The summed E-state index contributed by atoms with van der Waals surface area (Å²) in [4.78, 5) is 10.9. The third-order valence-corrected chi connectivity index (χ3v) is 1.29. The molecule has 0 spiro atoms. The Hall–Kier alpha value is 0.0503. The molecule has 17 heavy (non-hydrogen) atoms. The molecule has 0 aliphatic rings. The Kier molecular flexibility index (Phi) is 16.4. The number of unbranched alkanes of at least 4 members (excludes halogenated alkanes) is 1. The molecule has 0 rings (SSSR count). The molecule has 0 radical (unpaired) electrons. The monoisotopic (exact) mass is 306 g/mol. The maximum Gasteiger partial charge on any atom is 2.00 e. The Bertz CT molecular complexity index is 204. The fraction of sp³-hybridized carbons (Fsp3) is 0.615. The Morgan fingerprint density at radius 1 is 1.35 bits per heavy atom. The Balaban J connectivity index is -0.000000280. The number of carbonyl (C=O) groups is 1. The summed E-state index contributed by atoms with van der Waals surface area (Å²) in [7, 11) is -0.861. The van der Waals surface area contributed by atoms with E-state index in [0.717, 1.165) is 12.8 Å². The molecular formula is C13H26O2SiZn. The number of carbonyl (C=O) groups excluding carboxylic acids is 1. The summed E-state index contributed by atoms with van der Waals surface area (Å²) in [5, 5.41) is 0. The zero-order valence-electron chi connectivity index (χ0n) is 12.0. The maximum absolute atomic E-state index is 10.9. The summed E-state index contributed by atoms with van der Waals surface area (Å²) in [6, 6.07) is 0. The van der Waals surface area contributed by atoms with Gasteiger partial charge in [0, 0.05) is 5.57 Å². The first-order chi connectivity index (χ1) is 7.22. The zero-order chi connectivity index (χ0) is 13.2. The molecule has 0 N–H and O–H groups in total. The van der Waals surface area contributed by atoms with Gasteiger partial charge in [0.15, 0.2) is 0 Å². The van der Waals surface area contributed by atoms with Crippen molar-refractivity contribution in [3.8, 4) is 0 Å². The Morgan fingerprint density at radius 2 is 1.76 bits per heavy atom. The predicted molar refractivity (Wildman–Crippen MR) is 73.7 cm³/mol. The molecule has 0 heterocycles. The van der Waals surface area contributed by atoms with E-state index in [1.54, 1.807) is 6.92 Å². The van der Waals surface area contributed by atoms with Gasteiger partial charge in [-0.05, 0) is 13.3 Å². The fourth-order valence-corrected chi connectivity index (χ4v) is 0.674. The molecule has 0 unspecified atom stereocenters. The fourth-order valence-electron chi connectivity index (χ4n) is 0.674. The largest absolute Gasteiger partial charge is 2.00 e. The molecule has 96 valence electrons. The molecule has 2 nitrogen and oxygen atoms in total. The quantitative estimate of drug-likeness (QED) is 0.334. The molecule has 0 fully saturated rings. The number of hydrogen-bond donors (Lipinski definition) is 0. The van der Waals surface area contributed by atoms with E-state index in [2.05, 4.69) is 39.7 Å². The first-order valence-electron chi connectivity index (χ1n) is 5.71. The second kappa shape index (κ2) is 12.5. The summed E-state index contributed by atoms with van der Waals surface area (Å²) in [5.41, 5.74) is 0.551. The second-order valence-corrected chi connectivity index (χ2v) is 9.96. The molecule has 0 aliphatic heterocycles. The van der Waals surface area contributed by atoms with Gasteiger partial charge in [0.2, 0.25) is 0 Å². The van der Waals surface area contributed by atoms with Crippen molar-refractivity contribution in [2.75, 3.05) is 6.61 Å². The van der Waals surface area contributed by atoms with Crippen LogP contribution in [0.15, 0.2) is 12.2 Å². The van der Waals surface area contributed by atoms with Crippen LogP contribution < -0.4 is 0 Å². The van der Waals surface area contributed by atoms with E-state index in [9.17, 15) is 4.79 Å². The average molecular weight is 308 g/mol. The minimum atomic E-state index is -0.861. The second-order valence-electron chi connectivity index (χ2n) is 4.84. The van der Waals surface area contributed by atoms with Gasteiger partial charge >= 0.3 is 25.4 Å². The van der Waals surface area contributed by atoms with Crippen molar-refractivity contribution in [1.29, 1.82) is 0 Å². The van der Waals surface area contributed by atoms with Gasteiger partial charge in [0.05, 0.1) is 6.61 Å². The van der Waals surface area contributed by atoms with Crippen molar-refractivity contribution < 1.29 is 29.0 Å². The van der Waals surface area contributed by atoms with Gasteiger partial charge in [-0.2, -0.15) is 6.42 Å². The van der Waals surface area contributed by atoms with Crippen molar-refractivity contribution in [2.45, 2.75) is 45.8 Å². The topological polar surface area (TPSA) is 26.3 Å². The van der Waals surface area contributed by atoms with Gasteiger partial charge < -0.3 is 18.2 Å². The molecule has 0 atom stereocenters. The van der Waals surface area contributed by atoms with E-state index in [-0.39, 0.29) is 25.4 Å². The Morgan fingerprint density at radius 3 is 2.06 bits per heavy atom. The molecule has 0 aliphatic carbocycles. The van der Waals surface area contributed by atoms with E-state index >= 15 is 0 Å². The van der Waals surface area contributed by atoms with Crippen molar-refractivity contribution in [1.82, 2.24) is 0 Å². The number of esters is 1. The van der Waals surface area contributed by atoms with E-state index < -0.39 is 8.07 Å². The van der Waals surface area contributed by atoms with Crippen LogP contribution >= 0.6 is 0 Å². The van der Waals surface area contributed by atoms with Gasteiger partial charge in [0.1, 0.15) is 0 Å². The molecule has 0 saturated heterocycles. The molecule has 0 amide bonds. The minimum absolute atomic E-state index is 0. The third kappa shape index (κ3) is 25.9. The van der Waals surface area contributed by atoms with Gasteiger partial charge in [-0.3, -0.25) is 0 Å². The van der Waals surface area contributed by atoms with Crippen LogP contribution in [0.25, 0.3) is 0 Å². The van der Waals surface area contributed by atoms with Crippen LogP contribution in [0.1, 0.15) is 26.2 Å². The predicted octanol–water partition coefficient (Wildman–Crippen LogP) is 3.81. The normalized spacial score (nSPS) is 9.53. The molecule has 0 aromatic heterocycles. The van der Waals surface area contributed by atoms with Gasteiger partial charge in [-0.25, -0.2) is 4.79 Å². The van der Waals surface area contributed by atoms with Crippen LogP contribution in [0.5, 0.6) is 0 Å². The molecule has 0 saturated carbocycles. The Labute approximate surface area is 121 Å². The van der Waals surface area contributed by atoms with Gasteiger partial charge in [-0.15, -0.1) is 8.07 Å². The number of rotatable bonds is 5. The molecule has 0 aromatic rings. The SMILES string of the molecule is C=C(CCC[CH2-])C(=O)OCC.[CH2-][Si](C)(C)C.[Zn+2]. The summed E-state index contributed by atoms with van der Waals surface area (Å²) in [6.45, 7) is 20.0. The first-order valence-corrected chi connectivity index (χ1v) is 9.42. The zero-order valence-corrected chi connectivity index (χ0v) is 15.9. The summed E-state index contributed by atoms with van der Waals surface area (Å²) in [5.74, 6) is -0.277. The van der Waals surface area contributed by atoms with E-state index in [0.29, 0.717) is 18.6 Å². The molecule has 4 heteroatoms. The first kappa shape index (κ1) is 22.2. The number of hydrogen-bond acceptors (Lipinski definition) is 2. The van der Waals surface area contributed by atoms with Crippen molar-refractivity contribution in [2.24, 2.45) is 0 Å². The third-order valence-electron chi connectivity index (χ3n) is 1.29. The van der Waals surface area contributed by atoms with Crippen LogP contribution in [0, 0.1) is 13.5 Å². The van der Waals surface area contributed by atoms with Crippen molar-refractivity contribution >= 4 is 14.0 Å². The number of ether oxygens (including phenoxy) is 1. The van der Waals surface area contributed by atoms with Crippen LogP contribution in [0.3, 0.4) is 0 Å². The minimum Gasteiger partial charge on any atom is -0.463 e. The summed E-state index contributed by atoms with van der Waals surface area (Å²) in [6.07, 6.45) is 2.43. The van der Waals surface area contributed by atoms with Crippen LogP contribution in [-0.4, -0.2) is 20.7 Å². The molecular weight excluding hydrogens is 282 g/mol. The van der Waals surface area contributed by atoms with E-state index in [1.807, 2.05) is 0 Å². The van der Waals surface area contributed by atoms with Crippen molar-refractivity contribution in [3.63, 3.8) is 0 Å². The van der Waals surface area contributed by atoms with Crippen molar-refractivity contribution in [3.05, 3.63) is 25.6 Å². The summed E-state index contributed by atoms with van der Waals surface area (Å²) >= 11 is 0. The smallest absolute Gasteiger partial charge is 0.463 e. The van der Waals surface area contributed by atoms with E-state index in [1.165, 1.54) is 0 Å². The van der Waals surface area contributed by atoms with Crippen LogP contribution in [0.2, 0.25) is 19.6 Å². The standard InChI is InChI=1S/C9H15O2.C4H11Si.Zn/c1-4-6-7-8(3)9(10)11-5-2;1-5(2,3)4;/h1,3-7H2,2H3;1H2,2-4H3;/q2*-1;+2. The average Bonchev–Trinajstić information content (AvgIpc) is 2.11. The molecule has 0 aromatic carbocycles.